The largest absolute Gasteiger partial charge is 0.378 e. The third-order valence-corrected chi connectivity index (χ3v) is 0.917. The van der Waals surface area contributed by atoms with Crippen LogP contribution in [-0.2, 0) is 4.74 Å². The van der Waals surface area contributed by atoms with Crippen molar-refractivity contribution < 1.29 is 4.74 Å². The Morgan fingerprint density at radius 3 is 2.89 bits per heavy atom. The fourth-order valence-corrected chi connectivity index (χ4v) is 0.513. The maximum absolute atomic E-state index is 5.32. The molecular formula is C5H8ClNOS. The monoisotopic (exact) mass is 165 g/mol. The van der Waals surface area contributed by atoms with E-state index in [1.165, 1.54) is 0 Å². The summed E-state index contributed by atoms with van der Waals surface area (Å²) >= 11 is 9.65. The van der Waals surface area contributed by atoms with Gasteiger partial charge >= 0.3 is 0 Å². The molecule has 52 valence electrons. The predicted octanol–water partition coefficient (Wildman–Crippen LogP) is 1.34. The van der Waals surface area contributed by atoms with E-state index in [0.29, 0.717) is 25.6 Å². The first-order valence-corrected chi connectivity index (χ1v) is 3.53. The van der Waals surface area contributed by atoms with Crippen LogP contribution in [0.1, 0.15) is 0 Å². The fraction of sp³-hybridized carbons (Fsp3) is 0.800. The summed E-state index contributed by atoms with van der Waals surface area (Å²) in [5, 5.41) is 2.24. The molecule has 0 radical (unpaired) electrons. The van der Waals surface area contributed by atoms with Gasteiger partial charge in [-0.1, -0.05) is 0 Å². The highest BCUT2D eigenvalue weighted by Crippen LogP contribution is 1.78. The van der Waals surface area contributed by atoms with Crippen molar-refractivity contribution in [3.05, 3.63) is 0 Å². The van der Waals surface area contributed by atoms with Gasteiger partial charge in [0.1, 0.15) is 0 Å². The number of rotatable bonds is 5. The van der Waals surface area contributed by atoms with Gasteiger partial charge in [-0.05, 0) is 12.2 Å². The van der Waals surface area contributed by atoms with Crippen molar-refractivity contribution in [3.63, 3.8) is 0 Å². The Balaban J connectivity index is 2.82. The van der Waals surface area contributed by atoms with Gasteiger partial charge < -0.3 is 4.74 Å². The first-order chi connectivity index (χ1) is 4.41. The van der Waals surface area contributed by atoms with Crippen molar-refractivity contribution in [1.82, 2.24) is 0 Å². The lowest BCUT2D eigenvalue weighted by Gasteiger charge is -1.94. The third kappa shape index (κ3) is 8.05. The summed E-state index contributed by atoms with van der Waals surface area (Å²) in [5.74, 6) is 0.529. The molecule has 9 heavy (non-hydrogen) atoms. The Bertz CT molecular complexity index is 103. The quantitative estimate of drug-likeness (QED) is 0.266. The van der Waals surface area contributed by atoms with E-state index in [0.717, 1.165) is 0 Å². The van der Waals surface area contributed by atoms with E-state index >= 15 is 0 Å². The second-order valence-corrected chi connectivity index (χ2v) is 1.83. The molecule has 0 aromatic carbocycles. The molecule has 0 aliphatic heterocycles. The van der Waals surface area contributed by atoms with Crippen LogP contribution in [0.25, 0.3) is 0 Å². The standard InChI is InChI=1S/C5H8ClNOS/c6-1-3-8-4-2-7-5-9/h1-4H2. The summed E-state index contributed by atoms with van der Waals surface area (Å²) in [6.45, 7) is 1.74. The highest BCUT2D eigenvalue weighted by atomic mass is 35.5. The maximum atomic E-state index is 5.32. The molecule has 0 atom stereocenters. The maximum Gasteiger partial charge on any atom is 0.0727 e. The Morgan fingerprint density at radius 2 is 2.33 bits per heavy atom. The number of thiocarbonyl (C=S) groups is 1. The first kappa shape index (κ1) is 9.05. The summed E-state index contributed by atoms with van der Waals surface area (Å²) in [6, 6.07) is 0. The van der Waals surface area contributed by atoms with E-state index in [9.17, 15) is 0 Å². The summed E-state index contributed by atoms with van der Waals surface area (Å²) in [6.07, 6.45) is 0. The number of halogens is 1. The first-order valence-electron chi connectivity index (χ1n) is 2.59. The summed E-state index contributed by atoms with van der Waals surface area (Å²) in [4.78, 5) is 3.64. The number of alkyl halides is 1. The minimum atomic E-state index is 0.529. The van der Waals surface area contributed by atoms with E-state index in [-0.39, 0.29) is 0 Å². The molecule has 0 heterocycles. The lowest BCUT2D eigenvalue weighted by atomic mass is 10.7. The molecule has 4 heteroatoms. The van der Waals surface area contributed by atoms with Crippen LogP contribution in [0, 0.1) is 0 Å². The van der Waals surface area contributed by atoms with Crippen molar-refractivity contribution >= 4 is 29.0 Å². The molecule has 0 spiro atoms. The van der Waals surface area contributed by atoms with E-state index in [1.807, 2.05) is 0 Å². The van der Waals surface area contributed by atoms with Gasteiger partial charge in [0.2, 0.25) is 0 Å². The minimum absolute atomic E-state index is 0.529. The molecule has 0 saturated heterocycles. The van der Waals surface area contributed by atoms with Gasteiger partial charge in [0.05, 0.1) is 24.9 Å². The van der Waals surface area contributed by atoms with Crippen LogP contribution in [0.15, 0.2) is 4.99 Å². The van der Waals surface area contributed by atoms with E-state index in [2.05, 4.69) is 22.4 Å². The second-order valence-electron chi connectivity index (χ2n) is 1.27. The number of ether oxygens (including phenoxy) is 1. The fourth-order valence-electron chi connectivity index (χ4n) is 0.312. The molecule has 0 aromatic rings. The van der Waals surface area contributed by atoms with E-state index in [1.54, 1.807) is 0 Å². The summed E-state index contributed by atoms with van der Waals surface area (Å²) in [7, 11) is 0. The molecule has 0 aliphatic rings. The zero-order valence-electron chi connectivity index (χ0n) is 4.97. The van der Waals surface area contributed by atoms with Gasteiger partial charge in [-0.15, -0.1) is 11.6 Å². The molecule has 0 fully saturated rings. The molecule has 0 N–H and O–H groups in total. The van der Waals surface area contributed by atoms with Crippen molar-refractivity contribution in [2.75, 3.05) is 25.6 Å². The van der Waals surface area contributed by atoms with Crippen LogP contribution in [0.2, 0.25) is 0 Å². The van der Waals surface area contributed by atoms with E-state index in [4.69, 9.17) is 16.3 Å². The smallest absolute Gasteiger partial charge is 0.0727 e. The second kappa shape index (κ2) is 8.05. The van der Waals surface area contributed by atoms with Crippen molar-refractivity contribution in [1.29, 1.82) is 0 Å². The molecule has 2 nitrogen and oxygen atoms in total. The number of aliphatic imine (C=N–C) groups is 1. The zero-order chi connectivity index (χ0) is 6.95. The Kier molecular flexibility index (Phi) is 8.09. The molecule has 0 bridgehead atoms. The normalized spacial score (nSPS) is 8.56. The van der Waals surface area contributed by atoms with Gasteiger partial charge in [0.15, 0.2) is 0 Å². The lowest BCUT2D eigenvalue weighted by Crippen LogP contribution is -1.99. The molecule has 0 saturated carbocycles. The van der Waals surface area contributed by atoms with Gasteiger partial charge in [-0.3, -0.25) is 0 Å². The van der Waals surface area contributed by atoms with Crippen LogP contribution in [0.3, 0.4) is 0 Å². The molecule has 0 rings (SSSR count). The summed E-state index contributed by atoms with van der Waals surface area (Å²) < 4.78 is 4.97. The van der Waals surface area contributed by atoms with Crippen LogP contribution < -0.4 is 0 Å². The van der Waals surface area contributed by atoms with Crippen molar-refractivity contribution in [2.45, 2.75) is 0 Å². The average molecular weight is 166 g/mol. The Labute approximate surface area is 64.9 Å². The molecule has 0 aliphatic carbocycles. The highest BCUT2D eigenvalue weighted by Gasteiger charge is 1.82. The molecular weight excluding hydrogens is 158 g/mol. The Morgan fingerprint density at radius 1 is 1.56 bits per heavy atom. The number of nitrogens with zero attached hydrogens (tertiary/aromatic N) is 1. The van der Waals surface area contributed by atoms with Crippen LogP contribution >= 0.6 is 23.8 Å². The van der Waals surface area contributed by atoms with Gasteiger partial charge in [0.25, 0.3) is 0 Å². The Hall–Kier alpha value is 0.0500. The van der Waals surface area contributed by atoms with Gasteiger partial charge in [-0.25, -0.2) is 4.99 Å². The van der Waals surface area contributed by atoms with Crippen molar-refractivity contribution in [2.24, 2.45) is 4.99 Å². The topological polar surface area (TPSA) is 21.6 Å². The molecule has 0 unspecified atom stereocenters. The lowest BCUT2D eigenvalue weighted by molar-refractivity contribution is 0.157. The number of hydrogen-bond acceptors (Lipinski definition) is 3. The minimum Gasteiger partial charge on any atom is -0.378 e. The van der Waals surface area contributed by atoms with Crippen LogP contribution in [-0.4, -0.2) is 30.8 Å². The van der Waals surface area contributed by atoms with E-state index < -0.39 is 0 Å². The summed E-state index contributed by atoms with van der Waals surface area (Å²) in [5.41, 5.74) is 0. The number of hydrogen-bond donors (Lipinski definition) is 0. The highest BCUT2D eigenvalue weighted by molar-refractivity contribution is 7.78. The zero-order valence-corrected chi connectivity index (χ0v) is 6.54. The predicted molar refractivity (Wildman–Crippen MR) is 41.4 cm³/mol. The van der Waals surface area contributed by atoms with Gasteiger partial charge in [0, 0.05) is 5.88 Å². The third-order valence-electron chi connectivity index (χ3n) is 0.633. The van der Waals surface area contributed by atoms with Crippen LogP contribution in [0.4, 0.5) is 0 Å². The number of isothiocyanates is 1. The molecule has 0 aromatic heterocycles. The SMILES string of the molecule is S=C=NCCOCCCl. The van der Waals surface area contributed by atoms with Crippen LogP contribution in [0.5, 0.6) is 0 Å². The van der Waals surface area contributed by atoms with Crippen molar-refractivity contribution in [3.8, 4) is 0 Å². The van der Waals surface area contributed by atoms with Gasteiger partial charge in [-0.2, -0.15) is 0 Å². The molecule has 0 amide bonds. The average Bonchev–Trinajstić information content (AvgIpc) is 1.89.